The van der Waals surface area contributed by atoms with Crippen LogP contribution in [-0.2, 0) is 0 Å². The van der Waals surface area contributed by atoms with Gasteiger partial charge in [-0.2, -0.15) is 0 Å². The van der Waals surface area contributed by atoms with Crippen LogP contribution in [0.3, 0.4) is 0 Å². The Labute approximate surface area is 415 Å². The average Bonchev–Trinajstić information content (AvgIpc) is 3.40. The topological polar surface area (TPSA) is 6.48 Å². The van der Waals surface area contributed by atoms with E-state index in [4.69, 9.17) is 0 Å². The van der Waals surface area contributed by atoms with Gasteiger partial charge in [-0.1, -0.05) is 168 Å². The second-order valence-corrected chi connectivity index (χ2v) is 20.7. The van der Waals surface area contributed by atoms with Crippen LogP contribution in [0, 0.1) is 0 Å². The summed E-state index contributed by atoms with van der Waals surface area (Å²) in [6, 6.07) is 96.4. The average molecular weight is 945 g/mol. The van der Waals surface area contributed by atoms with E-state index >= 15 is 0 Å². The fourth-order valence-electron chi connectivity index (χ4n) is 8.53. The smallest absolute Gasteiger partial charge is 0.0619 e. The summed E-state index contributed by atoms with van der Waals surface area (Å²) in [5, 5.41) is 4.63. The third kappa shape index (κ3) is 9.68. The fraction of sp³-hybridized carbons (Fsp3) is 0. The Morgan fingerprint density at radius 2 is 0.353 bits per heavy atom. The van der Waals surface area contributed by atoms with Crippen LogP contribution in [0.5, 0.6) is 0 Å². The van der Waals surface area contributed by atoms with Crippen LogP contribution in [0.15, 0.2) is 306 Å². The summed E-state index contributed by atoms with van der Waals surface area (Å²) in [4.78, 5) is 14.5. The van der Waals surface area contributed by atoms with Crippen LogP contribution < -0.4 is 9.80 Å². The second kappa shape index (κ2) is 20.4. The SMILES string of the molecule is c1ccc(Sc2ccc(N(c3ccc(Sc4ccccc4)cc3)c3c4ccccc4c(N(c4ccc(Sc5ccccc5)cc4)c4ccc(Sc5ccccc5)cc4)c4ccccc34)cc2)cc1. The van der Waals surface area contributed by atoms with Gasteiger partial charge in [-0.25, -0.2) is 0 Å². The third-order valence-electron chi connectivity index (χ3n) is 11.6. The van der Waals surface area contributed by atoms with Crippen molar-refractivity contribution in [1.29, 1.82) is 0 Å². The van der Waals surface area contributed by atoms with Crippen molar-refractivity contribution in [2.75, 3.05) is 9.80 Å². The summed E-state index contributed by atoms with van der Waals surface area (Å²) in [7, 11) is 0. The molecular formula is C62H44N2S4. The summed E-state index contributed by atoms with van der Waals surface area (Å²) in [5.41, 5.74) is 6.62. The van der Waals surface area contributed by atoms with Crippen molar-refractivity contribution in [2.45, 2.75) is 39.2 Å². The summed E-state index contributed by atoms with van der Waals surface area (Å²) in [5.74, 6) is 0. The van der Waals surface area contributed by atoms with Gasteiger partial charge in [0.25, 0.3) is 0 Å². The molecule has 0 bridgehead atoms. The normalized spacial score (nSPS) is 11.2. The maximum absolute atomic E-state index is 2.46. The predicted molar refractivity (Wildman–Crippen MR) is 293 cm³/mol. The summed E-state index contributed by atoms with van der Waals surface area (Å²) in [6.07, 6.45) is 0. The van der Waals surface area contributed by atoms with Crippen molar-refractivity contribution in [3.63, 3.8) is 0 Å². The number of benzene rings is 11. The zero-order valence-electron chi connectivity index (χ0n) is 36.9. The highest BCUT2D eigenvalue weighted by Crippen LogP contribution is 2.52. The maximum Gasteiger partial charge on any atom is 0.0619 e. The molecule has 11 aromatic carbocycles. The molecule has 11 aromatic rings. The molecule has 0 aliphatic rings. The summed E-state index contributed by atoms with van der Waals surface area (Å²) in [6.45, 7) is 0. The Kier molecular flexibility index (Phi) is 13.1. The van der Waals surface area contributed by atoms with Crippen molar-refractivity contribution in [3.8, 4) is 0 Å². The largest absolute Gasteiger partial charge is 0.309 e. The molecule has 0 atom stereocenters. The van der Waals surface area contributed by atoms with Gasteiger partial charge in [-0.05, 0) is 146 Å². The second-order valence-electron chi connectivity index (χ2n) is 16.1. The van der Waals surface area contributed by atoms with E-state index in [1.165, 1.54) is 39.2 Å². The molecule has 2 nitrogen and oxygen atoms in total. The van der Waals surface area contributed by atoms with Crippen molar-refractivity contribution in [3.05, 3.63) is 267 Å². The molecule has 326 valence electrons. The minimum absolute atomic E-state index is 1.09. The molecule has 0 aliphatic heterocycles. The van der Waals surface area contributed by atoms with Crippen molar-refractivity contribution < 1.29 is 0 Å². The maximum atomic E-state index is 2.46. The Hall–Kier alpha value is -7.06. The van der Waals surface area contributed by atoms with Gasteiger partial charge in [0.15, 0.2) is 0 Å². The van der Waals surface area contributed by atoms with Crippen molar-refractivity contribution >= 4 is 103 Å². The van der Waals surface area contributed by atoms with E-state index in [1.807, 2.05) is 0 Å². The quantitative estimate of drug-likeness (QED) is 0.0786. The fourth-order valence-corrected chi connectivity index (χ4v) is 11.9. The van der Waals surface area contributed by atoms with Gasteiger partial charge >= 0.3 is 0 Å². The Morgan fingerprint density at radius 3 is 0.559 bits per heavy atom. The van der Waals surface area contributed by atoms with Gasteiger partial charge in [-0.3, -0.25) is 0 Å². The van der Waals surface area contributed by atoms with Crippen LogP contribution in [0.2, 0.25) is 0 Å². The molecule has 0 spiro atoms. The molecule has 0 heterocycles. The number of fused-ring (bicyclic) bond motifs is 2. The highest BCUT2D eigenvalue weighted by molar-refractivity contribution is 8.00. The first kappa shape index (κ1) is 43.5. The monoisotopic (exact) mass is 944 g/mol. The molecule has 0 saturated carbocycles. The molecule has 0 radical (unpaired) electrons. The van der Waals surface area contributed by atoms with E-state index in [9.17, 15) is 0 Å². The predicted octanol–water partition coefficient (Wildman–Crippen LogP) is 19.5. The molecule has 0 N–H and O–H groups in total. The molecule has 0 saturated heterocycles. The first-order valence-corrected chi connectivity index (χ1v) is 25.8. The van der Waals surface area contributed by atoms with Crippen molar-refractivity contribution in [1.82, 2.24) is 0 Å². The van der Waals surface area contributed by atoms with E-state index in [2.05, 4.69) is 277 Å². The van der Waals surface area contributed by atoms with E-state index < -0.39 is 0 Å². The molecule has 6 heteroatoms. The van der Waals surface area contributed by atoms with E-state index in [0.29, 0.717) is 0 Å². The van der Waals surface area contributed by atoms with Crippen molar-refractivity contribution in [2.24, 2.45) is 0 Å². The van der Waals surface area contributed by atoms with Crippen LogP contribution in [0.1, 0.15) is 0 Å². The zero-order valence-corrected chi connectivity index (χ0v) is 40.2. The summed E-state index contributed by atoms with van der Waals surface area (Å²) >= 11 is 7.12. The summed E-state index contributed by atoms with van der Waals surface area (Å²) < 4.78 is 0. The number of hydrogen-bond acceptors (Lipinski definition) is 6. The number of anilines is 6. The van der Waals surface area contributed by atoms with Gasteiger partial charge in [0.2, 0.25) is 0 Å². The lowest BCUT2D eigenvalue weighted by atomic mass is 9.95. The van der Waals surface area contributed by atoms with Crippen LogP contribution in [-0.4, -0.2) is 0 Å². The first-order valence-electron chi connectivity index (χ1n) is 22.6. The standard InChI is InChI=1S/C62H44N2S4/c1-5-17-49(18-6-1)65-53-37-29-45(30-38-53)63(46-31-39-54(40-32-46)66-50-19-7-2-8-20-50)61-57-25-13-15-27-59(57)62(60-28-16-14-26-58(60)61)64(47-33-41-55(42-34-47)67-51-21-9-3-10-22-51)48-35-43-56(44-36-48)68-52-23-11-4-12-24-52/h1-44H. The lowest BCUT2D eigenvalue weighted by Crippen LogP contribution is -2.14. The first-order chi connectivity index (χ1) is 33.7. The van der Waals surface area contributed by atoms with E-state index in [0.717, 1.165) is 55.7 Å². The minimum Gasteiger partial charge on any atom is -0.309 e. The van der Waals surface area contributed by atoms with Crippen LogP contribution >= 0.6 is 47.0 Å². The Bertz CT molecular complexity index is 2950. The molecule has 68 heavy (non-hydrogen) atoms. The number of hydrogen-bond donors (Lipinski definition) is 0. The third-order valence-corrected chi connectivity index (χ3v) is 15.7. The van der Waals surface area contributed by atoms with Gasteiger partial charge in [-0.15, -0.1) is 0 Å². The molecule has 0 aromatic heterocycles. The van der Waals surface area contributed by atoms with E-state index in [1.54, 1.807) is 47.0 Å². The lowest BCUT2D eigenvalue weighted by Gasteiger charge is -2.33. The molecule has 0 fully saturated rings. The van der Waals surface area contributed by atoms with Crippen LogP contribution in [0.25, 0.3) is 21.5 Å². The highest BCUT2D eigenvalue weighted by atomic mass is 32.2. The number of nitrogens with zero attached hydrogens (tertiary/aromatic N) is 2. The Morgan fingerprint density at radius 1 is 0.176 bits per heavy atom. The molecular weight excluding hydrogens is 901 g/mol. The van der Waals surface area contributed by atoms with E-state index in [-0.39, 0.29) is 0 Å². The molecule has 11 rings (SSSR count). The molecule has 0 amide bonds. The minimum atomic E-state index is 1.09. The Balaban J connectivity index is 1.08. The zero-order chi connectivity index (χ0) is 45.5. The number of rotatable bonds is 14. The van der Waals surface area contributed by atoms with Crippen LogP contribution in [0.4, 0.5) is 34.1 Å². The van der Waals surface area contributed by atoms with Gasteiger partial charge in [0, 0.05) is 83.5 Å². The lowest BCUT2D eigenvalue weighted by molar-refractivity contribution is 1.26. The molecule has 0 unspecified atom stereocenters. The van der Waals surface area contributed by atoms with Gasteiger partial charge < -0.3 is 9.80 Å². The van der Waals surface area contributed by atoms with Gasteiger partial charge in [0.1, 0.15) is 0 Å². The molecule has 0 aliphatic carbocycles. The van der Waals surface area contributed by atoms with Gasteiger partial charge in [0.05, 0.1) is 11.4 Å². The highest BCUT2D eigenvalue weighted by Gasteiger charge is 2.25.